The summed E-state index contributed by atoms with van der Waals surface area (Å²) >= 11 is 0. The van der Waals surface area contributed by atoms with E-state index in [2.05, 4.69) is 15.3 Å². The van der Waals surface area contributed by atoms with Crippen molar-refractivity contribution in [3.63, 3.8) is 0 Å². The number of fused-ring (bicyclic) bond motifs is 2. The molecule has 0 bridgehead atoms. The van der Waals surface area contributed by atoms with Gasteiger partial charge in [0.1, 0.15) is 17.5 Å². The monoisotopic (exact) mass is 421 g/mol. The Morgan fingerprint density at radius 3 is 2.84 bits per heavy atom. The number of rotatable bonds is 4. The number of nitrogens with one attached hydrogen (secondary N) is 1. The number of nitro benzene ring substituents is 1. The van der Waals surface area contributed by atoms with Gasteiger partial charge in [-0.05, 0) is 30.7 Å². The van der Waals surface area contributed by atoms with Crippen LogP contribution < -0.4 is 5.32 Å². The van der Waals surface area contributed by atoms with Crippen molar-refractivity contribution in [2.45, 2.75) is 25.4 Å². The number of halogens is 2. The van der Waals surface area contributed by atoms with Crippen LogP contribution in [0.4, 0.5) is 20.2 Å². The molecule has 3 heterocycles. The first-order chi connectivity index (χ1) is 15.0. The summed E-state index contributed by atoms with van der Waals surface area (Å²) in [6.45, 7) is 0.601. The quantitative estimate of drug-likeness (QED) is 0.381. The van der Waals surface area contributed by atoms with Crippen LogP contribution in [0.15, 0.2) is 54.9 Å². The van der Waals surface area contributed by atoms with Crippen LogP contribution >= 0.6 is 0 Å². The maximum Gasteiger partial charge on any atom is 0.270 e. The van der Waals surface area contributed by atoms with E-state index >= 15 is 0 Å². The minimum atomic E-state index is -0.644. The summed E-state index contributed by atoms with van der Waals surface area (Å²) in [5.74, 6) is -0.429. The lowest BCUT2D eigenvalue weighted by atomic mass is 10.1. The standard InChI is InChI=1S/C22H17F2N5O2/c23-13-1-4-16(18(24)9-13)21-12-28-11-14(2-6-22(28)27-21)26-20-7-8-25-19-5-3-15(29(30)31)10-17(19)20/h1,3-5,7-10,12,14H,2,6,11H2,(H,25,26). The summed E-state index contributed by atoms with van der Waals surface area (Å²) in [7, 11) is 0. The Labute approximate surface area is 175 Å². The number of nitrogens with zero attached hydrogens (tertiary/aromatic N) is 4. The fourth-order valence-electron chi connectivity index (χ4n) is 3.98. The van der Waals surface area contributed by atoms with Crippen molar-refractivity contribution in [2.75, 3.05) is 5.32 Å². The van der Waals surface area contributed by atoms with Gasteiger partial charge in [0.15, 0.2) is 0 Å². The Balaban J connectivity index is 1.41. The average molecular weight is 421 g/mol. The number of hydrogen-bond acceptors (Lipinski definition) is 5. The summed E-state index contributed by atoms with van der Waals surface area (Å²) in [6.07, 6.45) is 4.91. The lowest BCUT2D eigenvalue weighted by Gasteiger charge is -2.26. The molecule has 2 aromatic carbocycles. The number of aryl methyl sites for hydroxylation is 1. The average Bonchev–Trinajstić information content (AvgIpc) is 3.16. The number of anilines is 1. The normalized spacial score (nSPS) is 15.6. The predicted molar refractivity (Wildman–Crippen MR) is 112 cm³/mol. The van der Waals surface area contributed by atoms with Crippen LogP contribution in [0.2, 0.25) is 0 Å². The molecule has 0 aliphatic carbocycles. The second-order valence-corrected chi connectivity index (χ2v) is 7.52. The van der Waals surface area contributed by atoms with Crippen molar-refractivity contribution in [3.8, 4) is 11.3 Å². The molecule has 2 aromatic heterocycles. The van der Waals surface area contributed by atoms with Gasteiger partial charge in [-0.1, -0.05) is 0 Å². The second-order valence-electron chi connectivity index (χ2n) is 7.52. The van der Waals surface area contributed by atoms with Gasteiger partial charge in [-0.3, -0.25) is 15.1 Å². The zero-order chi connectivity index (χ0) is 21.5. The van der Waals surface area contributed by atoms with Crippen LogP contribution in [-0.4, -0.2) is 25.5 Å². The summed E-state index contributed by atoms with van der Waals surface area (Å²) < 4.78 is 29.3. The van der Waals surface area contributed by atoms with Gasteiger partial charge >= 0.3 is 0 Å². The Morgan fingerprint density at radius 2 is 2.03 bits per heavy atom. The highest BCUT2D eigenvalue weighted by atomic mass is 19.1. The summed E-state index contributed by atoms with van der Waals surface area (Å²) in [5, 5.41) is 15.3. The molecular formula is C22H17F2N5O2. The van der Waals surface area contributed by atoms with Gasteiger partial charge in [-0.15, -0.1) is 0 Å². The molecule has 1 unspecified atom stereocenters. The summed E-state index contributed by atoms with van der Waals surface area (Å²) in [5.41, 5.74) is 2.18. The van der Waals surface area contributed by atoms with E-state index < -0.39 is 16.6 Å². The Bertz CT molecular complexity index is 1320. The van der Waals surface area contributed by atoms with E-state index in [0.29, 0.717) is 29.6 Å². The van der Waals surface area contributed by atoms with E-state index in [0.717, 1.165) is 24.0 Å². The molecule has 4 aromatic rings. The number of pyridine rings is 1. The highest BCUT2D eigenvalue weighted by Gasteiger charge is 2.22. The molecule has 9 heteroatoms. The summed E-state index contributed by atoms with van der Waals surface area (Å²) in [6, 6.07) is 9.91. The third-order valence-electron chi connectivity index (χ3n) is 5.50. The number of benzene rings is 2. The van der Waals surface area contributed by atoms with Crippen LogP contribution in [0.25, 0.3) is 22.2 Å². The molecule has 0 fully saturated rings. The molecule has 156 valence electrons. The Hall–Kier alpha value is -3.88. The number of hydrogen-bond donors (Lipinski definition) is 1. The number of non-ortho nitro benzene ring substituents is 1. The topological polar surface area (TPSA) is 85.9 Å². The lowest BCUT2D eigenvalue weighted by Crippen LogP contribution is -2.31. The van der Waals surface area contributed by atoms with E-state index in [1.807, 2.05) is 4.57 Å². The van der Waals surface area contributed by atoms with E-state index in [9.17, 15) is 18.9 Å². The van der Waals surface area contributed by atoms with Gasteiger partial charge in [0.25, 0.3) is 5.69 Å². The minimum absolute atomic E-state index is 0.00931. The fraction of sp³-hybridized carbons (Fsp3) is 0.182. The van der Waals surface area contributed by atoms with Crippen molar-refractivity contribution in [2.24, 2.45) is 0 Å². The molecule has 0 saturated heterocycles. The maximum absolute atomic E-state index is 14.1. The van der Waals surface area contributed by atoms with Gasteiger partial charge in [-0.2, -0.15) is 0 Å². The highest BCUT2D eigenvalue weighted by Crippen LogP contribution is 2.29. The van der Waals surface area contributed by atoms with E-state index in [4.69, 9.17) is 0 Å². The maximum atomic E-state index is 14.1. The van der Waals surface area contributed by atoms with Gasteiger partial charge in [0, 0.05) is 66.2 Å². The van der Waals surface area contributed by atoms with E-state index in [1.54, 1.807) is 24.5 Å². The molecule has 0 amide bonds. The van der Waals surface area contributed by atoms with Crippen molar-refractivity contribution in [1.29, 1.82) is 0 Å². The number of nitro groups is 1. The Morgan fingerprint density at radius 1 is 1.16 bits per heavy atom. The molecule has 1 aliphatic rings. The Kier molecular flexibility index (Phi) is 4.58. The van der Waals surface area contributed by atoms with Crippen molar-refractivity contribution >= 4 is 22.3 Å². The van der Waals surface area contributed by atoms with Gasteiger partial charge in [0.2, 0.25) is 0 Å². The molecule has 5 rings (SSSR count). The van der Waals surface area contributed by atoms with Crippen LogP contribution in [0, 0.1) is 21.7 Å². The molecule has 0 saturated carbocycles. The van der Waals surface area contributed by atoms with Crippen LogP contribution in [-0.2, 0) is 13.0 Å². The molecular weight excluding hydrogens is 404 g/mol. The first-order valence-corrected chi connectivity index (χ1v) is 9.79. The smallest absolute Gasteiger partial charge is 0.270 e. The molecule has 0 radical (unpaired) electrons. The SMILES string of the molecule is O=[N+]([O-])c1ccc2nccc(NC3CCc4nc(-c5ccc(F)cc5F)cn4C3)c2c1. The molecule has 1 aliphatic heterocycles. The van der Waals surface area contributed by atoms with Crippen LogP contribution in [0.5, 0.6) is 0 Å². The molecule has 7 nitrogen and oxygen atoms in total. The van der Waals surface area contributed by atoms with E-state index in [-0.39, 0.29) is 17.3 Å². The second kappa shape index (κ2) is 7.42. The number of imidazole rings is 1. The van der Waals surface area contributed by atoms with Crippen molar-refractivity contribution < 1.29 is 13.7 Å². The third-order valence-corrected chi connectivity index (χ3v) is 5.50. The molecule has 31 heavy (non-hydrogen) atoms. The van der Waals surface area contributed by atoms with Crippen molar-refractivity contribution in [3.05, 3.63) is 82.4 Å². The summed E-state index contributed by atoms with van der Waals surface area (Å²) in [4.78, 5) is 19.5. The number of aromatic nitrogens is 3. The molecule has 1 atom stereocenters. The first-order valence-electron chi connectivity index (χ1n) is 9.79. The zero-order valence-electron chi connectivity index (χ0n) is 16.3. The minimum Gasteiger partial charge on any atom is -0.380 e. The lowest BCUT2D eigenvalue weighted by molar-refractivity contribution is -0.384. The van der Waals surface area contributed by atoms with Gasteiger partial charge in [-0.25, -0.2) is 13.8 Å². The van der Waals surface area contributed by atoms with Gasteiger partial charge in [0.05, 0.1) is 16.1 Å². The third kappa shape index (κ3) is 3.58. The molecule has 1 N–H and O–H groups in total. The van der Waals surface area contributed by atoms with Crippen LogP contribution in [0.3, 0.4) is 0 Å². The van der Waals surface area contributed by atoms with Crippen LogP contribution in [0.1, 0.15) is 12.2 Å². The fourth-order valence-corrected chi connectivity index (χ4v) is 3.98. The van der Waals surface area contributed by atoms with Gasteiger partial charge < -0.3 is 9.88 Å². The first kappa shape index (κ1) is 19.1. The largest absolute Gasteiger partial charge is 0.380 e. The zero-order valence-corrected chi connectivity index (χ0v) is 16.3. The van der Waals surface area contributed by atoms with E-state index in [1.165, 1.54) is 24.3 Å². The molecule has 0 spiro atoms. The highest BCUT2D eigenvalue weighted by molar-refractivity contribution is 5.92. The van der Waals surface area contributed by atoms with Crippen molar-refractivity contribution in [1.82, 2.24) is 14.5 Å². The predicted octanol–water partition coefficient (Wildman–Crippen LogP) is 4.71.